The highest BCUT2D eigenvalue weighted by molar-refractivity contribution is 6.10. The standard InChI is InChI=1S/C28H30N4O3/c33-27(21-6-9-23(10-7-21)29-12-13-32-14-16-35-17-15-32)31-25-11-8-22(18-20-4-2-1-3-5-20)24-19-30-28(34)26(24)25/h1-11,29H,12-19H2,(H,30,34)(H,31,33). The SMILES string of the molecule is O=C(Nc1ccc(Cc2ccccc2)c2c1C(=O)NC2)c1ccc(NCCN2CCOCC2)cc1. The van der Waals surface area contributed by atoms with Crippen molar-refractivity contribution in [3.05, 3.63) is 94.5 Å². The van der Waals surface area contributed by atoms with Gasteiger partial charge in [-0.25, -0.2) is 0 Å². The smallest absolute Gasteiger partial charge is 0.255 e. The van der Waals surface area contributed by atoms with Gasteiger partial charge in [0.2, 0.25) is 0 Å². The molecular weight excluding hydrogens is 440 g/mol. The normalized spacial score (nSPS) is 15.4. The van der Waals surface area contributed by atoms with Crippen LogP contribution in [0.1, 0.15) is 37.4 Å². The van der Waals surface area contributed by atoms with Gasteiger partial charge in [-0.15, -0.1) is 0 Å². The predicted molar refractivity (Wildman–Crippen MR) is 137 cm³/mol. The highest BCUT2D eigenvalue weighted by Crippen LogP contribution is 2.29. The molecule has 2 amide bonds. The van der Waals surface area contributed by atoms with Crippen LogP contribution in [0.15, 0.2) is 66.7 Å². The summed E-state index contributed by atoms with van der Waals surface area (Å²) in [5.74, 6) is -0.382. The first-order chi connectivity index (χ1) is 17.2. The average molecular weight is 471 g/mol. The van der Waals surface area contributed by atoms with E-state index in [0.717, 1.165) is 62.6 Å². The number of hydrogen-bond acceptors (Lipinski definition) is 5. The van der Waals surface area contributed by atoms with E-state index in [2.05, 4.69) is 33.0 Å². The molecular formula is C28H30N4O3. The van der Waals surface area contributed by atoms with Crippen molar-refractivity contribution >= 4 is 23.2 Å². The molecule has 0 spiro atoms. The summed E-state index contributed by atoms with van der Waals surface area (Å²) in [6, 6.07) is 21.4. The zero-order valence-corrected chi connectivity index (χ0v) is 19.7. The molecule has 0 bridgehead atoms. The summed E-state index contributed by atoms with van der Waals surface area (Å²) >= 11 is 0. The van der Waals surface area contributed by atoms with Gasteiger partial charge in [0.05, 0.1) is 24.5 Å². The molecule has 0 aromatic heterocycles. The lowest BCUT2D eigenvalue weighted by atomic mass is 9.96. The van der Waals surface area contributed by atoms with E-state index in [1.54, 1.807) is 12.1 Å². The van der Waals surface area contributed by atoms with Crippen LogP contribution in [0.3, 0.4) is 0 Å². The zero-order valence-electron chi connectivity index (χ0n) is 19.7. The van der Waals surface area contributed by atoms with Crippen LogP contribution in [0.25, 0.3) is 0 Å². The van der Waals surface area contributed by atoms with Gasteiger partial charge in [-0.2, -0.15) is 0 Å². The monoisotopic (exact) mass is 470 g/mol. The van der Waals surface area contributed by atoms with Gasteiger partial charge >= 0.3 is 0 Å². The molecule has 1 saturated heterocycles. The third kappa shape index (κ3) is 5.53. The fourth-order valence-corrected chi connectivity index (χ4v) is 4.61. The van der Waals surface area contributed by atoms with Gasteiger partial charge in [0.25, 0.3) is 11.8 Å². The van der Waals surface area contributed by atoms with E-state index in [0.29, 0.717) is 23.4 Å². The van der Waals surface area contributed by atoms with Crippen molar-refractivity contribution in [3.63, 3.8) is 0 Å². The Labute approximate surface area is 205 Å². The first-order valence-electron chi connectivity index (χ1n) is 12.1. The minimum atomic E-state index is -0.234. The van der Waals surface area contributed by atoms with Crippen LogP contribution in [-0.4, -0.2) is 56.1 Å². The summed E-state index contributed by atoms with van der Waals surface area (Å²) in [5, 5.41) is 9.26. The number of nitrogens with zero attached hydrogens (tertiary/aromatic N) is 1. The van der Waals surface area contributed by atoms with E-state index < -0.39 is 0 Å². The maximum atomic E-state index is 12.9. The number of hydrogen-bond donors (Lipinski definition) is 3. The summed E-state index contributed by atoms with van der Waals surface area (Å²) < 4.78 is 5.38. The second-order valence-corrected chi connectivity index (χ2v) is 8.88. The Hall–Kier alpha value is -3.68. The van der Waals surface area contributed by atoms with Crippen LogP contribution in [0, 0.1) is 0 Å². The van der Waals surface area contributed by atoms with Gasteiger partial charge in [-0.1, -0.05) is 36.4 Å². The molecule has 2 aliphatic heterocycles. The molecule has 2 heterocycles. The fourth-order valence-electron chi connectivity index (χ4n) is 4.61. The molecule has 0 radical (unpaired) electrons. The number of fused-ring (bicyclic) bond motifs is 1. The first-order valence-corrected chi connectivity index (χ1v) is 12.1. The Kier molecular flexibility index (Phi) is 7.07. The van der Waals surface area contributed by atoms with Crippen molar-refractivity contribution in [2.75, 3.05) is 50.0 Å². The molecule has 1 fully saturated rings. The summed E-state index contributed by atoms with van der Waals surface area (Å²) in [7, 11) is 0. The van der Waals surface area contributed by atoms with Crippen molar-refractivity contribution in [1.29, 1.82) is 0 Å². The minimum absolute atomic E-state index is 0.148. The summed E-state index contributed by atoms with van der Waals surface area (Å²) in [6.07, 6.45) is 0.742. The van der Waals surface area contributed by atoms with E-state index in [1.807, 2.05) is 42.5 Å². The van der Waals surface area contributed by atoms with Crippen LogP contribution in [0.5, 0.6) is 0 Å². The molecule has 180 valence electrons. The molecule has 2 aliphatic rings. The number of carbonyl (C=O) groups is 2. The number of benzene rings is 3. The first kappa shape index (κ1) is 23.1. The quantitative estimate of drug-likeness (QED) is 0.469. The van der Waals surface area contributed by atoms with Crippen molar-refractivity contribution in [2.45, 2.75) is 13.0 Å². The second kappa shape index (κ2) is 10.7. The van der Waals surface area contributed by atoms with Crippen LogP contribution < -0.4 is 16.0 Å². The van der Waals surface area contributed by atoms with Gasteiger partial charge < -0.3 is 20.7 Å². The maximum absolute atomic E-state index is 12.9. The maximum Gasteiger partial charge on any atom is 0.255 e. The highest BCUT2D eigenvalue weighted by atomic mass is 16.5. The van der Waals surface area contributed by atoms with Gasteiger partial charge in [0, 0.05) is 44.0 Å². The Balaban J connectivity index is 1.23. The molecule has 3 aromatic rings. The van der Waals surface area contributed by atoms with Crippen LogP contribution in [0.4, 0.5) is 11.4 Å². The molecule has 3 N–H and O–H groups in total. The topological polar surface area (TPSA) is 82.7 Å². The van der Waals surface area contributed by atoms with E-state index >= 15 is 0 Å². The molecule has 7 nitrogen and oxygen atoms in total. The number of amides is 2. The summed E-state index contributed by atoms with van der Waals surface area (Å²) in [4.78, 5) is 27.9. The molecule has 0 saturated carbocycles. The number of nitrogens with one attached hydrogen (secondary N) is 3. The lowest BCUT2D eigenvalue weighted by Gasteiger charge is -2.26. The van der Waals surface area contributed by atoms with Crippen molar-refractivity contribution in [3.8, 4) is 0 Å². The number of anilines is 2. The van der Waals surface area contributed by atoms with Gasteiger partial charge in [-0.3, -0.25) is 14.5 Å². The average Bonchev–Trinajstić information content (AvgIpc) is 3.29. The third-order valence-electron chi connectivity index (χ3n) is 6.56. The predicted octanol–water partition coefficient (Wildman–Crippen LogP) is 3.52. The second-order valence-electron chi connectivity index (χ2n) is 8.88. The van der Waals surface area contributed by atoms with E-state index in [9.17, 15) is 9.59 Å². The molecule has 3 aromatic carbocycles. The van der Waals surface area contributed by atoms with Crippen molar-refractivity contribution in [2.24, 2.45) is 0 Å². The third-order valence-corrected chi connectivity index (χ3v) is 6.56. The van der Waals surface area contributed by atoms with Crippen LogP contribution >= 0.6 is 0 Å². The van der Waals surface area contributed by atoms with Gasteiger partial charge in [0.1, 0.15) is 0 Å². The van der Waals surface area contributed by atoms with Crippen molar-refractivity contribution < 1.29 is 14.3 Å². The van der Waals surface area contributed by atoms with Crippen LogP contribution in [-0.2, 0) is 17.7 Å². The summed E-state index contributed by atoms with van der Waals surface area (Å²) in [6.45, 7) is 5.80. The largest absolute Gasteiger partial charge is 0.384 e. The lowest BCUT2D eigenvalue weighted by Crippen LogP contribution is -2.39. The molecule has 0 atom stereocenters. The highest BCUT2D eigenvalue weighted by Gasteiger charge is 2.26. The number of morpholine rings is 1. The lowest BCUT2D eigenvalue weighted by molar-refractivity contribution is 0.0398. The zero-order chi connectivity index (χ0) is 24.0. The van der Waals surface area contributed by atoms with Crippen LogP contribution in [0.2, 0.25) is 0 Å². The van der Waals surface area contributed by atoms with Gasteiger partial charge in [-0.05, 0) is 53.4 Å². The number of ether oxygens (including phenoxy) is 1. The van der Waals surface area contributed by atoms with E-state index in [1.165, 1.54) is 5.56 Å². The van der Waals surface area contributed by atoms with E-state index in [-0.39, 0.29) is 11.8 Å². The molecule has 7 heteroatoms. The molecule has 0 aliphatic carbocycles. The minimum Gasteiger partial charge on any atom is -0.384 e. The Morgan fingerprint density at radius 2 is 1.74 bits per heavy atom. The Morgan fingerprint density at radius 1 is 0.971 bits per heavy atom. The molecule has 5 rings (SSSR count). The number of carbonyl (C=O) groups excluding carboxylic acids is 2. The Bertz CT molecular complexity index is 1190. The van der Waals surface area contributed by atoms with E-state index in [4.69, 9.17) is 4.74 Å². The molecule has 0 unspecified atom stereocenters. The molecule has 35 heavy (non-hydrogen) atoms. The summed E-state index contributed by atoms with van der Waals surface area (Å²) in [5.41, 5.74) is 5.86. The Morgan fingerprint density at radius 3 is 2.51 bits per heavy atom. The fraction of sp³-hybridized carbons (Fsp3) is 0.286. The van der Waals surface area contributed by atoms with Gasteiger partial charge in [0.15, 0.2) is 0 Å². The number of rotatable bonds is 8. The van der Waals surface area contributed by atoms with Crippen molar-refractivity contribution in [1.82, 2.24) is 10.2 Å².